The molecule has 3 aromatic rings. The SMILES string of the molecule is CC(N)C(Oc1ccc2cccnc2c1)c1ccccn1. The number of hydrogen-bond donors (Lipinski definition) is 1. The van der Waals surface area contributed by atoms with Crippen LogP contribution in [0.1, 0.15) is 18.7 Å². The number of pyridine rings is 2. The Morgan fingerprint density at radius 1 is 1.00 bits per heavy atom. The zero-order chi connectivity index (χ0) is 14.7. The van der Waals surface area contributed by atoms with Crippen molar-refractivity contribution in [2.45, 2.75) is 19.1 Å². The van der Waals surface area contributed by atoms with Gasteiger partial charge in [-0.1, -0.05) is 12.1 Å². The second-order valence-corrected chi connectivity index (χ2v) is 5.01. The molecule has 0 radical (unpaired) electrons. The van der Waals surface area contributed by atoms with Gasteiger partial charge in [0.15, 0.2) is 6.10 Å². The molecule has 0 aliphatic carbocycles. The lowest BCUT2D eigenvalue weighted by Gasteiger charge is -2.22. The van der Waals surface area contributed by atoms with E-state index in [9.17, 15) is 0 Å². The molecule has 2 N–H and O–H groups in total. The van der Waals surface area contributed by atoms with Gasteiger partial charge < -0.3 is 10.5 Å². The Morgan fingerprint density at radius 2 is 1.86 bits per heavy atom. The van der Waals surface area contributed by atoms with Crippen LogP contribution < -0.4 is 10.5 Å². The third-order valence-electron chi connectivity index (χ3n) is 3.30. The fourth-order valence-electron chi connectivity index (χ4n) is 2.25. The highest BCUT2D eigenvalue weighted by molar-refractivity contribution is 5.79. The highest BCUT2D eigenvalue weighted by Gasteiger charge is 2.19. The predicted molar refractivity (Wildman–Crippen MR) is 83.0 cm³/mol. The molecule has 0 aliphatic heterocycles. The minimum absolute atomic E-state index is 0.167. The van der Waals surface area contributed by atoms with E-state index < -0.39 is 0 Å². The Labute approximate surface area is 123 Å². The lowest BCUT2D eigenvalue weighted by Crippen LogP contribution is -2.29. The quantitative estimate of drug-likeness (QED) is 0.797. The Balaban J connectivity index is 1.91. The second kappa shape index (κ2) is 5.89. The maximum atomic E-state index is 6.05. The number of benzene rings is 1. The highest BCUT2D eigenvalue weighted by atomic mass is 16.5. The monoisotopic (exact) mass is 279 g/mol. The van der Waals surface area contributed by atoms with Gasteiger partial charge in [-0.05, 0) is 37.3 Å². The van der Waals surface area contributed by atoms with Crippen LogP contribution in [-0.2, 0) is 0 Å². The molecule has 0 bridgehead atoms. The van der Waals surface area contributed by atoms with Gasteiger partial charge in [0.05, 0.1) is 11.2 Å². The molecular weight excluding hydrogens is 262 g/mol. The average molecular weight is 279 g/mol. The third kappa shape index (κ3) is 3.01. The Morgan fingerprint density at radius 3 is 2.62 bits per heavy atom. The summed E-state index contributed by atoms with van der Waals surface area (Å²) in [5.74, 6) is 0.745. The van der Waals surface area contributed by atoms with Gasteiger partial charge in [-0.2, -0.15) is 0 Å². The first kappa shape index (κ1) is 13.5. The fourth-order valence-corrected chi connectivity index (χ4v) is 2.25. The number of nitrogens with two attached hydrogens (primary N) is 1. The van der Waals surface area contributed by atoms with E-state index in [-0.39, 0.29) is 12.1 Å². The molecule has 4 nitrogen and oxygen atoms in total. The molecule has 106 valence electrons. The Bertz CT molecular complexity index is 728. The maximum Gasteiger partial charge on any atom is 0.155 e. The van der Waals surface area contributed by atoms with Gasteiger partial charge in [0.2, 0.25) is 0 Å². The van der Waals surface area contributed by atoms with E-state index in [4.69, 9.17) is 10.5 Å². The summed E-state index contributed by atoms with van der Waals surface area (Å²) in [7, 11) is 0. The van der Waals surface area contributed by atoms with Crippen molar-refractivity contribution in [3.63, 3.8) is 0 Å². The van der Waals surface area contributed by atoms with Crippen molar-refractivity contribution >= 4 is 10.9 Å². The van der Waals surface area contributed by atoms with E-state index in [1.54, 1.807) is 12.4 Å². The lowest BCUT2D eigenvalue weighted by molar-refractivity contribution is 0.176. The molecule has 0 saturated heterocycles. The van der Waals surface area contributed by atoms with Gasteiger partial charge in [-0.3, -0.25) is 9.97 Å². The summed E-state index contributed by atoms with van der Waals surface area (Å²) in [6, 6.07) is 15.4. The Kier molecular flexibility index (Phi) is 3.79. The van der Waals surface area contributed by atoms with Crippen LogP contribution in [0.25, 0.3) is 10.9 Å². The van der Waals surface area contributed by atoms with Crippen molar-refractivity contribution in [2.75, 3.05) is 0 Å². The molecule has 2 heterocycles. The van der Waals surface area contributed by atoms with E-state index in [0.29, 0.717) is 0 Å². The van der Waals surface area contributed by atoms with Crippen molar-refractivity contribution in [1.29, 1.82) is 0 Å². The van der Waals surface area contributed by atoms with E-state index >= 15 is 0 Å². The van der Waals surface area contributed by atoms with Crippen LogP contribution in [-0.4, -0.2) is 16.0 Å². The lowest BCUT2D eigenvalue weighted by atomic mass is 10.1. The number of hydrogen-bond acceptors (Lipinski definition) is 4. The average Bonchev–Trinajstić information content (AvgIpc) is 2.53. The minimum Gasteiger partial charge on any atom is -0.482 e. The van der Waals surface area contributed by atoms with Crippen molar-refractivity contribution < 1.29 is 4.74 Å². The van der Waals surface area contributed by atoms with E-state index in [1.165, 1.54) is 0 Å². The van der Waals surface area contributed by atoms with Crippen LogP contribution in [0.15, 0.2) is 60.9 Å². The van der Waals surface area contributed by atoms with Crippen LogP contribution in [0.3, 0.4) is 0 Å². The summed E-state index contributed by atoms with van der Waals surface area (Å²) in [6.07, 6.45) is 3.23. The Hall–Kier alpha value is -2.46. The summed E-state index contributed by atoms with van der Waals surface area (Å²) >= 11 is 0. The molecule has 2 aromatic heterocycles. The zero-order valence-corrected chi connectivity index (χ0v) is 11.8. The number of nitrogens with zero attached hydrogens (tertiary/aromatic N) is 2. The van der Waals surface area contributed by atoms with E-state index in [1.807, 2.05) is 55.5 Å². The molecule has 3 rings (SSSR count). The summed E-state index contributed by atoms with van der Waals surface area (Å²) in [4.78, 5) is 8.68. The molecule has 0 saturated carbocycles. The van der Waals surface area contributed by atoms with Crippen molar-refractivity contribution in [3.05, 3.63) is 66.6 Å². The number of rotatable bonds is 4. The smallest absolute Gasteiger partial charge is 0.155 e. The van der Waals surface area contributed by atoms with Gasteiger partial charge in [0.25, 0.3) is 0 Å². The van der Waals surface area contributed by atoms with Crippen LogP contribution in [0.2, 0.25) is 0 Å². The normalized spacial score (nSPS) is 13.8. The van der Waals surface area contributed by atoms with Crippen LogP contribution >= 0.6 is 0 Å². The molecule has 21 heavy (non-hydrogen) atoms. The van der Waals surface area contributed by atoms with Crippen molar-refractivity contribution in [1.82, 2.24) is 9.97 Å². The topological polar surface area (TPSA) is 61.0 Å². The largest absolute Gasteiger partial charge is 0.482 e. The van der Waals surface area contributed by atoms with Crippen molar-refractivity contribution in [2.24, 2.45) is 5.73 Å². The molecule has 0 spiro atoms. The van der Waals surface area contributed by atoms with Crippen LogP contribution in [0, 0.1) is 0 Å². The first-order valence-electron chi connectivity index (χ1n) is 6.92. The van der Waals surface area contributed by atoms with Gasteiger partial charge >= 0.3 is 0 Å². The first-order chi connectivity index (χ1) is 10.2. The van der Waals surface area contributed by atoms with E-state index in [2.05, 4.69) is 9.97 Å². The van der Waals surface area contributed by atoms with Gasteiger partial charge in [0, 0.05) is 29.9 Å². The first-order valence-corrected chi connectivity index (χ1v) is 6.92. The summed E-state index contributed by atoms with van der Waals surface area (Å²) < 4.78 is 6.04. The van der Waals surface area contributed by atoms with Gasteiger partial charge in [-0.25, -0.2) is 0 Å². The molecule has 0 fully saturated rings. The highest BCUT2D eigenvalue weighted by Crippen LogP contribution is 2.25. The maximum absolute atomic E-state index is 6.05. The molecule has 0 aliphatic rings. The summed E-state index contributed by atoms with van der Waals surface area (Å²) in [5, 5.41) is 1.08. The van der Waals surface area contributed by atoms with Gasteiger partial charge in [0.1, 0.15) is 5.75 Å². The minimum atomic E-state index is -0.285. The summed E-state index contributed by atoms with van der Waals surface area (Å²) in [6.45, 7) is 1.92. The molecule has 0 amide bonds. The number of fused-ring (bicyclic) bond motifs is 1. The molecular formula is C17H17N3O. The second-order valence-electron chi connectivity index (χ2n) is 5.01. The predicted octanol–water partition coefficient (Wildman–Crippen LogP) is 3.10. The van der Waals surface area contributed by atoms with E-state index in [0.717, 1.165) is 22.3 Å². The van der Waals surface area contributed by atoms with Crippen molar-refractivity contribution in [3.8, 4) is 5.75 Å². The molecule has 2 atom stereocenters. The molecule has 1 aromatic carbocycles. The number of ether oxygens (including phenoxy) is 1. The molecule has 2 unspecified atom stereocenters. The van der Waals surface area contributed by atoms with Crippen LogP contribution in [0.4, 0.5) is 0 Å². The summed E-state index contributed by atoms with van der Waals surface area (Å²) in [5.41, 5.74) is 7.78. The molecule has 4 heteroatoms. The standard InChI is InChI=1S/C17H17N3O/c1-12(18)17(15-6-2-3-9-19-15)21-14-8-7-13-5-4-10-20-16(13)11-14/h2-12,17H,18H2,1H3. The van der Waals surface area contributed by atoms with Crippen LogP contribution in [0.5, 0.6) is 5.75 Å². The fraction of sp³-hybridized carbons (Fsp3) is 0.176. The zero-order valence-electron chi connectivity index (χ0n) is 11.8. The number of aromatic nitrogens is 2. The van der Waals surface area contributed by atoms with Gasteiger partial charge in [-0.15, -0.1) is 0 Å². The third-order valence-corrected chi connectivity index (χ3v) is 3.30.